The lowest BCUT2D eigenvalue weighted by Crippen LogP contribution is -2.43. The number of allylic oxidation sites excluding steroid dienone is 4. The molecule has 0 saturated heterocycles. The normalized spacial score (nSPS) is 26.5. The zero-order valence-electron chi connectivity index (χ0n) is 17.7. The van der Waals surface area contributed by atoms with Crippen molar-refractivity contribution in [3.63, 3.8) is 0 Å². The third-order valence-electron chi connectivity index (χ3n) is 7.43. The molecule has 0 spiro atoms. The largest absolute Gasteiger partial charge is 0.454 e. The van der Waals surface area contributed by atoms with Crippen LogP contribution >= 0.6 is 11.6 Å². The van der Waals surface area contributed by atoms with E-state index in [9.17, 15) is 9.59 Å². The number of carbonyl (C=O) groups is 2. The molecule has 0 unspecified atom stereocenters. The Hall–Kier alpha value is -2.85. The minimum absolute atomic E-state index is 0.238. The summed E-state index contributed by atoms with van der Waals surface area (Å²) in [7, 11) is 0. The maximum atomic E-state index is 13.0. The Morgan fingerprint density at radius 2 is 1.50 bits per heavy atom. The number of esters is 1. The van der Waals surface area contributed by atoms with Crippen LogP contribution in [0.1, 0.15) is 56.5 Å². The SMILES string of the molecule is O=C(COC(=O)c1cc2c3c(c1)[C@@H]1C=CC[C@H]1CN3C[C@H]1CC=C[C@@H]21)c1ccc(Cl)cc1. The van der Waals surface area contributed by atoms with Crippen LogP contribution in [0.15, 0.2) is 60.7 Å². The highest BCUT2D eigenvalue weighted by Crippen LogP contribution is 2.53. The van der Waals surface area contributed by atoms with Gasteiger partial charge >= 0.3 is 5.97 Å². The summed E-state index contributed by atoms with van der Waals surface area (Å²) in [5, 5.41) is 0.564. The van der Waals surface area contributed by atoms with Gasteiger partial charge in [0, 0.05) is 41.2 Å². The molecule has 162 valence electrons. The first kappa shape index (κ1) is 19.8. The molecule has 0 aromatic heterocycles. The molecule has 0 radical (unpaired) electrons. The zero-order valence-corrected chi connectivity index (χ0v) is 18.4. The van der Waals surface area contributed by atoms with Crippen molar-refractivity contribution in [3.8, 4) is 0 Å². The lowest BCUT2D eigenvalue weighted by atomic mass is 9.74. The van der Waals surface area contributed by atoms with Gasteiger partial charge in [0.05, 0.1) is 5.56 Å². The van der Waals surface area contributed by atoms with Crippen molar-refractivity contribution in [2.24, 2.45) is 11.8 Å². The number of fused-ring (bicyclic) bond motifs is 4. The molecule has 4 atom stereocenters. The number of nitrogens with zero attached hydrogens (tertiary/aromatic N) is 1. The van der Waals surface area contributed by atoms with Crippen LogP contribution in [0.5, 0.6) is 0 Å². The number of benzene rings is 2. The van der Waals surface area contributed by atoms with Crippen LogP contribution in [0.4, 0.5) is 5.69 Å². The maximum Gasteiger partial charge on any atom is 0.338 e. The van der Waals surface area contributed by atoms with E-state index in [1.807, 2.05) is 12.1 Å². The first-order chi connectivity index (χ1) is 15.6. The Bertz CT molecular complexity index is 1110. The van der Waals surface area contributed by atoms with Crippen molar-refractivity contribution in [3.05, 3.63) is 88.0 Å². The van der Waals surface area contributed by atoms with E-state index < -0.39 is 5.97 Å². The average Bonchev–Trinajstić information content (AvgIpc) is 3.47. The van der Waals surface area contributed by atoms with Crippen molar-refractivity contribution >= 4 is 29.0 Å². The van der Waals surface area contributed by atoms with Crippen molar-refractivity contribution in [2.75, 3.05) is 24.6 Å². The van der Waals surface area contributed by atoms with Gasteiger partial charge in [-0.1, -0.05) is 35.9 Å². The molecule has 0 fully saturated rings. The molecule has 0 N–H and O–H groups in total. The van der Waals surface area contributed by atoms with Crippen LogP contribution in [0, 0.1) is 11.8 Å². The number of hydrogen-bond acceptors (Lipinski definition) is 4. The van der Waals surface area contributed by atoms with E-state index in [1.54, 1.807) is 24.3 Å². The van der Waals surface area contributed by atoms with E-state index in [1.165, 1.54) is 16.8 Å². The van der Waals surface area contributed by atoms with E-state index >= 15 is 0 Å². The minimum atomic E-state index is -0.439. The summed E-state index contributed by atoms with van der Waals surface area (Å²) in [4.78, 5) is 28.0. The molecule has 4 aliphatic rings. The number of anilines is 1. The van der Waals surface area contributed by atoms with Gasteiger partial charge in [-0.2, -0.15) is 0 Å². The molecular weight excluding hydrogens is 422 g/mol. The molecule has 2 aromatic carbocycles. The molecule has 6 rings (SSSR count). The van der Waals surface area contributed by atoms with Gasteiger partial charge in [-0.25, -0.2) is 4.79 Å². The van der Waals surface area contributed by atoms with Crippen molar-refractivity contribution in [1.29, 1.82) is 0 Å². The summed E-state index contributed by atoms with van der Waals surface area (Å²) in [5.41, 5.74) is 4.82. The van der Waals surface area contributed by atoms with Crippen LogP contribution < -0.4 is 4.90 Å². The number of rotatable bonds is 4. The summed E-state index contributed by atoms with van der Waals surface area (Å²) in [6, 6.07) is 10.6. The van der Waals surface area contributed by atoms with E-state index in [-0.39, 0.29) is 12.4 Å². The van der Waals surface area contributed by atoms with Gasteiger partial charge in [0.25, 0.3) is 0 Å². The second-order valence-corrected chi connectivity index (χ2v) is 9.75. The van der Waals surface area contributed by atoms with Gasteiger partial charge in [0.2, 0.25) is 0 Å². The van der Waals surface area contributed by atoms with Crippen molar-refractivity contribution in [2.45, 2.75) is 24.7 Å². The molecular formula is C27H24ClNO3. The van der Waals surface area contributed by atoms with Gasteiger partial charge in [-0.15, -0.1) is 0 Å². The fourth-order valence-electron chi connectivity index (χ4n) is 5.93. The highest BCUT2D eigenvalue weighted by atomic mass is 35.5. The highest BCUT2D eigenvalue weighted by molar-refractivity contribution is 6.30. The van der Waals surface area contributed by atoms with Crippen molar-refractivity contribution in [1.82, 2.24) is 0 Å². The predicted octanol–water partition coefficient (Wildman–Crippen LogP) is 5.53. The monoisotopic (exact) mass is 445 g/mol. The molecule has 4 nitrogen and oxygen atoms in total. The van der Waals surface area contributed by atoms with Gasteiger partial charge in [0.15, 0.2) is 12.4 Å². The van der Waals surface area contributed by atoms with E-state index in [2.05, 4.69) is 29.2 Å². The Morgan fingerprint density at radius 1 is 0.906 bits per heavy atom. The van der Waals surface area contributed by atoms with E-state index in [0.717, 1.165) is 25.9 Å². The van der Waals surface area contributed by atoms with Gasteiger partial charge in [-0.3, -0.25) is 4.79 Å². The molecule has 0 saturated carbocycles. The Balaban J connectivity index is 1.31. The summed E-state index contributed by atoms with van der Waals surface area (Å²) in [5.74, 6) is 1.16. The van der Waals surface area contributed by atoms with Crippen LogP contribution in [0.25, 0.3) is 0 Å². The van der Waals surface area contributed by atoms with E-state index in [4.69, 9.17) is 16.3 Å². The third kappa shape index (κ3) is 3.20. The van der Waals surface area contributed by atoms with Crippen LogP contribution in [-0.2, 0) is 4.74 Å². The topological polar surface area (TPSA) is 46.6 Å². The summed E-state index contributed by atoms with van der Waals surface area (Å²) in [6.07, 6.45) is 11.3. The number of ether oxygens (including phenoxy) is 1. The molecule has 2 heterocycles. The average molecular weight is 446 g/mol. The molecule has 2 aromatic rings. The van der Waals surface area contributed by atoms with Gasteiger partial charge in [0.1, 0.15) is 0 Å². The fourth-order valence-corrected chi connectivity index (χ4v) is 6.05. The molecule has 0 amide bonds. The Kier molecular flexibility index (Phi) is 4.72. The maximum absolute atomic E-state index is 13.0. The van der Waals surface area contributed by atoms with Gasteiger partial charge in [-0.05, 0) is 72.2 Å². The third-order valence-corrected chi connectivity index (χ3v) is 7.68. The molecule has 0 bridgehead atoms. The standard InChI is InChI=1S/C27H24ClNO3/c28-20-9-7-16(8-10-20)25(30)15-32-27(31)19-11-23-21-5-1-3-17(21)13-29-14-18-4-2-6-22(18)24(12-19)26(23)29/h1-2,5-12,17-18,21-22H,3-4,13-15H2/t17-,18+,21-,22-/m1/s1. The first-order valence-corrected chi connectivity index (χ1v) is 11.7. The second kappa shape index (κ2) is 7.63. The lowest BCUT2D eigenvalue weighted by molar-refractivity contribution is 0.0474. The summed E-state index contributed by atoms with van der Waals surface area (Å²) < 4.78 is 5.46. The smallest absolute Gasteiger partial charge is 0.338 e. The first-order valence-electron chi connectivity index (χ1n) is 11.3. The quantitative estimate of drug-likeness (QED) is 0.352. The lowest BCUT2D eigenvalue weighted by Gasteiger charge is -2.46. The molecule has 2 aliphatic heterocycles. The molecule has 32 heavy (non-hydrogen) atoms. The van der Waals surface area contributed by atoms with Crippen molar-refractivity contribution < 1.29 is 14.3 Å². The number of carbonyl (C=O) groups excluding carboxylic acids is 2. The predicted molar refractivity (Wildman–Crippen MR) is 125 cm³/mol. The highest BCUT2D eigenvalue weighted by Gasteiger charge is 2.42. The zero-order chi connectivity index (χ0) is 21.8. The van der Waals surface area contributed by atoms with Gasteiger partial charge < -0.3 is 9.64 Å². The molecule has 5 heteroatoms. The fraction of sp³-hybridized carbons (Fsp3) is 0.333. The Labute approximate surface area is 192 Å². The minimum Gasteiger partial charge on any atom is -0.454 e. The van der Waals surface area contributed by atoms with E-state index in [0.29, 0.717) is 39.8 Å². The number of hydrogen-bond donors (Lipinski definition) is 0. The molecule has 2 aliphatic carbocycles. The Morgan fingerprint density at radius 3 is 2.09 bits per heavy atom. The van der Waals surface area contributed by atoms with Crippen LogP contribution in [0.3, 0.4) is 0 Å². The van der Waals surface area contributed by atoms with Crippen LogP contribution in [-0.4, -0.2) is 31.4 Å². The number of ketones is 1. The number of halogens is 1. The summed E-state index contributed by atoms with van der Waals surface area (Å²) in [6.45, 7) is 1.89. The number of Topliss-reactive ketones (excluding diaryl/α,β-unsaturated/α-hetero) is 1. The summed E-state index contributed by atoms with van der Waals surface area (Å²) >= 11 is 5.89. The second-order valence-electron chi connectivity index (χ2n) is 9.31. The van der Waals surface area contributed by atoms with Crippen LogP contribution in [0.2, 0.25) is 5.02 Å².